The van der Waals surface area contributed by atoms with Gasteiger partial charge in [0.2, 0.25) is 5.91 Å². The number of rotatable bonds is 5. The Balaban J connectivity index is 1.48. The molecule has 2 saturated heterocycles. The van der Waals surface area contributed by atoms with Crippen molar-refractivity contribution in [3.05, 3.63) is 29.8 Å². The van der Waals surface area contributed by atoms with Gasteiger partial charge in [-0.1, -0.05) is 32.0 Å². The maximum Gasteiger partial charge on any atom is 0.238 e. The standard InChI is InChI=1S/C20H31N3O/c1-16(2)18-7-3-4-8-19(18)21-20(24)15-22-13-9-17(10-14-22)23-11-5-6-12-23/h3-4,7-8,16-17H,5-6,9-15H2,1-2H3,(H,21,24). The lowest BCUT2D eigenvalue weighted by Crippen LogP contribution is -2.45. The highest BCUT2D eigenvalue weighted by Gasteiger charge is 2.27. The summed E-state index contributed by atoms with van der Waals surface area (Å²) in [5, 5.41) is 3.11. The first kappa shape index (κ1) is 17.4. The molecule has 3 rings (SSSR count). The van der Waals surface area contributed by atoms with Crippen LogP contribution in [0.4, 0.5) is 5.69 Å². The van der Waals surface area contributed by atoms with E-state index in [1.54, 1.807) is 0 Å². The van der Waals surface area contributed by atoms with Crippen molar-refractivity contribution in [3.8, 4) is 0 Å². The summed E-state index contributed by atoms with van der Waals surface area (Å²) in [5.74, 6) is 0.528. The molecule has 0 radical (unpaired) electrons. The zero-order chi connectivity index (χ0) is 16.9. The van der Waals surface area contributed by atoms with Crippen LogP contribution < -0.4 is 5.32 Å². The van der Waals surface area contributed by atoms with Gasteiger partial charge in [0.25, 0.3) is 0 Å². The lowest BCUT2D eigenvalue weighted by Gasteiger charge is -2.36. The van der Waals surface area contributed by atoms with Crippen LogP contribution in [0.3, 0.4) is 0 Å². The van der Waals surface area contributed by atoms with E-state index in [2.05, 4.69) is 35.0 Å². The van der Waals surface area contributed by atoms with E-state index < -0.39 is 0 Å². The number of hydrogen-bond acceptors (Lipinski definition) is 3. The van der Waals surface area contributed by atoms with E-state index in [-0.39, 0.29) is 5.91 Å². The highest BCUT2D eigenvalue weighted by Crippen LogP contribution is 2.24. The average Bonchev–Trinajstić information content (AvgIpc) is 3.10. The van der Waals surface area contributed by atoms with Crippen molar-refractivity contribution >= 4 is 11.6 Å². The summed E-state index contributed by atoms with van der Waals surface area (Å²) >= 11 is 0. The summed E-state index contributed by atoms with van der Waals surface area (Å²) in [6.07, 6.45) is 5.13. The Bertz CT molecular complexity index is 544. The molecule has 2 aliphatic rings. The monoisotopic (exact) mass is 329 g/mol. The minimum absolute atomic E-state index is 0.114. The average molecular weight is 329 g/mol. The molecule has 0 unspecified atom stereocenters. The van der Waals surface area contributed by atoms with Gasteiger partial charge in [-0.15, -0.1) is 0 Å². The Labute approximate surface area is 146 Å². The van der Waals surface area contributed by atoms with Crippen LogP contribution in [0.2, 0.25) is 0 Å². The quantitative estimate of drug-likeness (QED) is 0.900. The van der Waals surface area contributed by atoms with Crippen molar-refractivity contribution in [2.24, 2.45) is 0 Å². The predicted octanol–water partition coefficient (Wildman–Crippen LogP) is 3.31. The molecule has 2 fully saturated rings. The molecule has 1 N–H and O–H groups in total. The summed E-state index contributed by atoms with van der Waals surface area (Å²) in [6, 6.07) is 8.87. The topological polar surface area (TPSA) is 35.6 Å². The predicted molar refractivity (Wildman–Crippen MR) is 99.4 cm³/mol. The molecular weight excluding hydrogens is 298 g/mol. The molecule has 0 spiro atoms. The van der Waals surface area contributed by atoms with Crippen LogP contribution in [0.25, 0.3) is 0 Å². The van der Waals surface area contributed by atoms with E-state index in [0.717, 1.165) is 24.8 Å². The van der Waals surface area contributed by atoms with Crippen molar-refractivity contribution in [2.75, 3.05) is 38.0 Å². The van der Waals surface area contributed by atoms with Crippen LogP contribution in [-0.4, -0.2) is 54.5 Å². The molecule has 4 nitrogen and oxygen atoms in total. The van der Waals surface area contributed by atoms with Crippen LogP contribution in [0.15, 0.2) is 24.3 Å². The molecule has 0 aromatic heterocycles. The number of carbonyl (C=O) groups is 1. The summed E-state index contributed by atoms with van der Waals surface area (Å²) in [6.45, 7) is 9.47. The molecule has 0 aliphatic carbocycles. The summed E-state index contributed by atoms with van der Waals surface area (Å²) in [7, 11) is 0. The first-order chi connectivity index (χ1) is 11.6. The smallest absolute Gasteiger partial charge is 0.238 e. The van der Waals surface area contributed by atoms with Crippen LogP contribution >= 0.6 is 0 Å². The second-order valence-corrected chi connectivity index (χ2v) is 7.54. The third-order valence-electron chi connectivity index (χ3n) is 5.44. The van der Waals surface area contributed by atoms with E-state index in [1.165, 1.54) is 44.3 Å². The van der Waals surface area contributed by atoms with Crippen molar-refractivity contribution in [1.82, 2.24) is 9.80 Å². The molecule has 0 atom stereocenters. The fourth-order valence-corrected chi connectivity index (χ4v) is 4.06. The van der Waals surface area contributed by atoms with E-state index >= 15 is 0 Å². The number of piperidine rings is 1. The zero-order valence-corrected chi connectivity index (χ0v) is 15.1. The van der Waals surface area contributed by atoms with E-state index in [9.17, 15) is 4.79 Å². The van der Waals surface area contributed by atoms with Gasteiger partial charge >= 0.3 is 0 Å². The molecule has 24 heavy (non-hydrogen) atoms. The molecule has 0 bridgehead atoms. The number of carbonyl (C=O) groups excluding carboxylic acids is 1. The number of hydrogen-bond donors (Lipinski definition) is 1. The molecule has 4 heteroatoms. The molecule has 2 heterocycles. The van der Waals surface area contributed by atoms with E-state index in [0.29, 0.717) is 12.5 Å². The highest BCUT2D eigenvalue weighted by atomic mass is 16.2. The number of nitrogens with one attached hydrogen (secondary N) is 1. The van der Waals surface area contributed by atoms with Crippen LogP contribution in [-0.2, 0) is 4.79 Å². The molecular formula is C20H31N3O. The molecule has 1 aromatic carbocycles. The molecule has 132 valence electrons. The zero-order valence-electron chi connectivity index (χ0n) is 15.1. The van der Waals surface area contributed by atoms with Crippen LogP contribution in [0.5, 0.6) is 0 Å². The molecule has 0 saturated carbocycles. The fourth-order valence-electron chi connectivity index (χ4n) is 4.06. The van der Waals surface area contributed by atoms with Gasteiger partial charge in [0.05, 0.1) is 6.54 Å². The van der Waals surface area contributed by atoms with E-state index in [4.69, 9.17) is 0 Å². The lowest BCUT2D eigenvalue weighted by molar-refractivity contribution is -0.117. The normalized spacial score (nSPS) is 20.6. The Morgan fingerprint density at radius 2 is 1.79 bits per heavy atom. The van der Waals surface area contributed by atoms with Gasteiger partial charge in [-0.25, -0.2) is 0 Å². The minimum atomic E-state index is 0.114. The fraction of sp³-hybridized carbons (Fsp3) is 0.650. The number of likely N-dealkylation sites (tertiary alicyclic amines) is 2. The van der Waals surface area contributed by atoms with Gasteiger partial charge in [0.1, 0.15) is 0 Å². The van der Waals surface area contributed by atoms with Gasteiger partial charge in [0, 0.05) is 24.8 Å². The van der Waals surface area contributed by atoms with Crippen LogP contribution in [0, 0.1) is 0 Å². The summed E-state index contributed by atoms with van der Waals surface area (Å²) in [4.78, 5) is 17.4. The van der Waals surface area contributed by atoms with Gasteiger partial charge in [-0.05, 0) is 56.3 Å². The second-order valence-electron chi connectivity index (χ2n) is 7.54. The molecule has 1 amide bonds. The largest absolute Gasteiger partial charge is 0.325 e. The third kappa shape index (κ3) is 4.37. The molecule has 2 aliphatic heterocycles. The highest BCUT2D eigenvalue weighted by molar-refractivity contribution is 5.93. The molecule has 1 aromatic rings. The maximum absolute atomic E-state index is 12.4. The Morgan fingerprint density at radius 3 is 2.46 bits per heavy atom. The van der Waals surface area contributed by atoms with Gasteiger partial charge < -0.3 is 10.2 Å². The second kappa shape index (κ2) is 8.13. The van der Waals surface area contributed by atoms with Crippen molar-refractivity contribution in [3.63, 3.8) is 0 Å². The number of amides is 1. The summed E-state index contributed by atoms with van der Waals surface area (Å²) in [5.41, 5.74) is 2.17. The van der Waals surface area contributed by atoms with Crippen molar-refractivity contribution in [2.45, 2.75) is 51.5 Å². The Hall–Kier alpha value is -1.39. The Kier molecular flexibility index (Phi) is 5.90. The minimum Gasteiger partial charge on any atom is -0.325 e. The number of nitrogens with zero attached hydrogens (tertiary/aromatic N) is 2. The number of anilines is 1. The van der Waals surface area contributed by atoms with Gasteiger partial charge in [-0.2, -0.15) is 0 Å². The lowest BCUT2D eigenvalue weighted by atomic mass is 10.0. The summed E-state index contributed by atoms with van der Waals surface area (Å²) < 4.78 is 0. The third-order valence-corrected chi connectivity index (χ3v) is 5.44. The van der Waals surface area contributed by atoms with Crippen molar-refractivity contribution < 1.29 is 4.79 Å². The SMILES string of the molecule is CC(C)c1ccccc1NC(=O)CN1CCC(N2CCCC2)CC1. The maximum atomic E-state index is 12.4. The first-order valence-electron chi connectivity index (χ1n) is 9.48. The number of benzene rings is 1. The van der Waals surface area contributed by atoms with Crippen LogP contribution in [0.1, 0.15) is 51.0 Å². The van der Waals surface area contributed by atoms with Gasteiger partial charge in [-0.3, -0.25) is 9.69 Å². The van der Waals surface area contributed by atoms with E-state index in [1.807, 2.05) is 18.2 Å². The Morgan fingerprint density at radius 1 is 1.12 bits per heavy atom. The van der Waals surface area contributed by atoms with Gasteiger partial charge in [0.15, 0.2) is 0 Å². The number of para-hydroxylation sites is 1. The first-order valence-corrected chi connectivity index (χ1v) is 9.48. The van der Waals surface area contributed by atoms with Crippen molar-refractivity contribution in [1.29, 1.82) is 0 Å².